The molecule has 0 N–H and O–H groups in total. The number of hydrogen-bond donors (Lipinski definition) is 0. The summed E-state index contributed by atoms with van der Waals surface area (Å²) >= 11 is 5.74. The second-order valence-corrected chi connectivity index (χ2v) is 7.70. The molecule has 0 aliphatic carbocycles. The number of halogens is 2. The molecule has 3 aliphatic rings. The van der Waals surface area contributed by atoms with E-state index in [-0.39, 0.29) is 17.5 Å². The lowest BCUT2D eigenvalue weighted by molar-refractivity contribution is -0.152. The zero-order valence-electron chi connectivity index (χ0n) is 15.0. The number of ether oxygens (including phenoxy) is 2. The van der Waals surface area contributed by atoms with Crippen LogP contribution in [-0.2, 0) is 19.1 Å². The van der Waals surface area contributed by atoms with E-state index in [0.717, 1.165) is 19.3 Å². The molecule has 4 rings (SSSR count). The second-order valence-electron chi connectivity index (χ2n) is 7.30. The molecular weight excluding hydrogens is 373 g/mol. The van der Waals surface area contributed by atoms with Crippen LogP contribution in [0.25, 0.3) is 0 Å². The maximum atomic E-state index is 13.9. The zero-order chi connectivity index (χ0) is 19.2. The number of benzene rings is 1. The molecular formula is C20H21ClFNO4. The first-order valence-corrected chi connectivity index (χ1v) is 9.65. The van der Waals surface area contributed by atoms with Gasteiger partial charge in [-0.05, 0) is 24.6 Å². The van der Waals surface area contributed by atoms with Crippen molar-refractivity contribution in [3.63, 3.8) is 0 Å². The minimum absolute atomic E-state index is 0.00522. The van der Waals surface area contributed by atoms with E-state index in [1.54, 1.807) is 6.07 Å². The monoisotopic (exact) mass is 393 g/mol. The minimum Gasteiger partial charge on any atom is -0.465 e. The van der Waals surface area contributed by atoms with Crippen molar-refractivity contribution in [1.29, 1.82) is 0 Å². The molecule has 1 aromatic rings. The van der Waals surface area contributed by atoms with Crippen molar-refractivity contribution < 1.29 is 23.5 Å². The zero-order valence-corrected chi connectivity index (χ0v) is 15.7. The summed E-state index contributed by atoms with van der Waals surface area (Å²) in [5, 5.41) is -0.00522. The van der Waals surface area contributed by atoms with Gasteiger partial charge in [0.05, 0.1) is 30.2 Å². The average molecular weight is 394 g/mol. The maximum absolute atomic E-state index is 13.9. The Balaban J connectivity index is 1.55. The number of nitrogens with zero attached hydrogens (tertiary/aromatic N) is 1. The van der Waals surface area contributed by atoms with E-state index in [4.69, 9.17) is 21.1 Å². The molecule has 0 saturated carbocycles. The summed E-state index contributed by atoms with van der Waals surface area (Å²) in [6.07, 6.45) is 6.06. The Bertz CT molecular complexity index is 813. The van der Waals surface area contributed by atoms with Crippen molar-refractivity contribution in [1.82, 2.24) is 0 Å². The van der Waals surface area contributed by atoms with Gasteiger partial charge in [-0.15, -0.1) is 0 Å². The third-order valence-corrected chi connectivity index (χ3v) is 5.89. The molecule has 2 bridgehead atoms. The average Bonchev–Trinajstić information content (AvgIpc) is 3.29. The van der Waals surface area contributed by atoms with Crippen molar-refractivity contribution in [2.45, 2.75) is 37.9 Å². The summed E-state index contributed by atoms with van der Waals surface area (Å²) < 4.78 is 25.3. The Morgan fingerprint density at radius 3 is 3.00 bits per heavy atom. The van der Waals surface area contributed by atoms with Gasteiger partial charge in [0.2, 0.25) is 5.91 Å². The normalized spacial score (nSPS) is 30.9. The number of hydrogen-bond acceptors (Lipinski definition) is 4. The van der Waals surface area contributed by atoms with Gasteiger partial charge >= 0.3 is 5.97 Å². The van der Waals surface area contributed by atoms with Gasteiger partial charge in [0, 0.05) is 5.69 Å². The van der Waals surface area contributed by atoms with Crippen LogP contribution >= 0.6 is 11.6 Å². The highest BCUT2D eigenvalue weighted by atomic mass is 35.5. The third kappa shape index (κ3) is 2.95. The summed E-state index contributed by atoms with van der Waals surface area (Å²) in [5.74, 6) is -2.55. The molecule has 7 heteroatoms. The molecule has 0 radical (unpaired) electrons. The molecule has 2 saturated heterocycles. The lowest BCUT2D eigenvalue weighted by Crippen LogP contribution is -2.40. The first kappa shape index (κ1) is 18.4. The van der Waals surface area contributed by atoms with E-state index >= 15 is 0 Å². The summed E-state index contributed by atoms with van der Waals surface area (Å²) in [6.45, 7) is 2.66. The molecule has 1 aromatic carbocycles. The quantitative estimate of drug-likeness (QED) is 0.421. The van der Waals surface area contributed by atoms with E-state index in [9.17, 15) is 14.0 Å². The smallest absolute Gasteiger partial charge is 0.312 e. The van der Waals surface area contributed by atoms with Crippen molar-refractivity contribution >= 4 is 29.2 Å². The maximum Gasteiger partial charge on any atom is 0.312 e. The van der Waals surface area contributed by atoms with Crippen molar-refractivity contribution in [2.75, 3.05) is 18.1 Å². The summed E-state index contributed by atoms with van der Waals surface area (Å²) in [6, 6.07) is 4.24. The van der Waals surface area contributed by atoms with E-state index < -0.39 is 35.3 Å². The molecule has 27 heavy (non-hydrogen) atoms. The summed E-state index contributed by atoms with van der Waals surface area (Å²) in [7, 11) is 0. The lowest BCUT2D eigenvalue weighted by atomic mass is 9.77. The molecule has 1 spiro atoms. The Morgan fingerprint density at radius 2 is 2.26 bits per heavy atom. The summed E-state index contributed by atoms with van der Waals surface area (Å²) in [4.78, 5) is 27.2. The number of esters is 1. The van der Waals surface area contributed by atoms with Gasteiger partial charge in [-0.2, -0.15) is 0 Å². The number of rotatable bonds is 6. The van der Waals surface area contributed by atoms with E-state index in [1.807, 2.05) is 12.2 Å². The molecule has 3 aliphatic heterocycles. The van der Waals surface area contributed by atoms with Gasteiger partial charge in [-0.3, -0.25) is 9.59 Å². The third-order valence-electron chi connectivity index (χ3n) is 5.58. The minimum atomic E-state index is -0.856. The SMILES string of the molecule is CCCCCOC(=O)[C@H]1[C@H]2C=C[C@@]3(CN(c4ccc(Cl)c(F)c4)C(=O)[C@@H]13)O2. The van der Waals surface area contributed by atoms with Crippen molar-refractivity contribution in [2.24, 2.45) is 11.8 Å². The lowest BCUT2D eigenvalue weighted by Gasteiger charge is -2.22. The van der Waals surface area contributed by atoms with Crippen LogP contribution in [0.3, 0.4) is 0 Å². The van der Waals surface area contributed by atoms with Crippen molar-refractivity contribution in [3.05, 3.63) is 41.2 Å². The Labute approximate surface area is 162 Å². The number of amides is 1. The van der Waals surface area contributed by atoms with Gasteiger partial charge < -0.3 is 14.4 Å². The number of carbonyl (C=O) groups excluding carboxylic acids is 2. The molecule has 3 heterocycles. The van der Waals surface area contributed by atoms with Gasteiger partial charge in [0.15, 0.2) is 0 Å². The molecule has 1 amide bonds. The predicted molar refractivity (Wildman–Crippen MR) is 98.0 cm³/mol. The van der Waals surface area contributed by atoms with Gasteiger partial charge in [-0.25, -0.2) is 4.39 Å². The Kier molecular flexibility index (Phi) is 4.72. The predicted octanol–water partition coefficient (Wildman–Crippen LogP) is 3.50. The highest BCUT2D eigenvalue weighted by Crippen LogP contribution is 2.53. The molecule has 2 fully saturated rings. The standard InChI is InChI=1S/C20H21ClFNO4/c1-2-3-4-9-26-19(25)16-15-7-8-20(27-15)11-23(18(24)17(16)20)12-5-6-13(21)14(22)10-12/h5-8,10,15-17H,2-4,9,11H2,1H3/t15-,16+,17-,20+/m1/s1. The van der Waals surface area contributed by atoms with Gasteiger partial charge in [0.1, 0.15) is 17.3 Å². The van der Waals surface area contributed by atoms with Crippen LogP contribution < -0.4 is 4.90 Å². The van der Waals surface area contributed by atoms with Crippen molar-refractivity contribution in [3.8, 4) is 0 Å². The van der Waals surface area contributed by atoms with Crippen LogP contribution in [0.4, 0.5) is 10.1 Å². The van der Waals surface area contributed by atoms with Crippen LogP contribution in [-0.4, -0.2) is 36.7 Å². The number of carbonyl (C=O) groups is 2. The molecule has 0 unspecified atom stereocenters. The fraction of sp³-hybridized carbons (Fsp3) is 0.500. The van der Waals surface area contributed by atoms with Crippen LogP contribution in [0, 0.1) is 17.7 Å². The number of fused-ring (bicyclic) bond motifs is 1. The molecule has 0 aromatic heterocycles. The van der Waals surface area contributed by atoms with Gasteiger partial charge in [0.25, 0.3) is 0 Å². The topological polar surface area (TPSA) is 55.8 Å². The Hall–Kier alpha value is -1.92. The van der Waals surface area contributed by atoms with Crippen LogP contribution in [0.2, 0.25) is 5.02 Å². The highest BCUT2D eigenvalue weighted by molar-refractivity contribution is 6.30. The largest absolute Gasteiger partial charge is 0.465 e. The fourth-order valence-electron chi connectivity index (χ4n) is 4.26. The number of anilines is 1. The first-order valence-electron chi connectivity index (χ1n) is 9.27. The van der Waals surface area contributed by atoms with E-state index in [0.29, 0.717) is 12.3 Å². The fourth-order valence-corrected chi connectivity index (χ4v) is 4.38. The van der Waals surface area contributed by atoms with E-state index in [1.165, 1.54) is 17.0 Å². The van der Waals surface area contributed by atoms with Gasteiger partial charge in [-0.1, -0.05) is 43.5 Å². The molecule has 5 nitrogen and oxygen atoms in total. The Morgan fingerprint density at radius 1 is 1.44 bits per heavy atom. The van der Waals surface area contributed by atoms with Crippen LogP contribution in [0.1, 0.15) is 26.2 Å². The van der Waals surface area contributed by atoms with E-state index in [2.05, 4.69) is 6.92 Å². The number of unbranched alkanes of at least 4 members (excludes halogenated alkanes) is 2. The highest BCUT2D eigenvalue weighted by Gasteiger charge is 2.67. The van der Waals surface area contributed by atoms with Crippen LogP contribution in [0.5, 0.6) is 0 Å². The summed E-state index contributed by atoms with van der Waals surface area (Å²) in [5.41, 5.74) is -0.452. The first-order chi connectivity index (χ1) is 13.0. The molecule has 4 atom stereocenters. The molecule has 144 valence electrons. The van der Waals surface area contributed by atoms with Crippen LogP contribution in [0.15, 0.2) is 30.4 Å². The second kappa shape index (κ2) is 6.91.